The quantitative estimate of drug-likeness (QED) is 0.321. The number of imide groups is 1. The maximum Gasteiger partial charge on any atom is 0.278 e. The minimum absolute atomic E-state index is 0.0137. The predicted molar refractivity (Wildman–Crippen MR) is 126 cm³/mol. The highest BCUT2D eigenvalue weighted by Gasteiger charge is 2.39. The van der Waals surface area contributed by atoms with Crippen LogP contribution in [0.2, 0.25) is 0 Å². The zero-order valence-electron chi connectivity index (χ0n) is 18.3. The summed E-state index contributed by atoms with van der Waals surface area (Å²) < 4.78 is 5.33. The number of furan rings is 1. The lowest BCUT2D eigenvalue weighted by Gasteiger charge is -2.18. The Morgan fingerprint density at radius 3 is 2.26 bits per heavy atom. The van der Waals surface area contributed by atoms with Gasteiger partial charge in [0.05, 0.1) is 23.3 Å². The molecule has 0 aliphatic carbocycles. The number of hydrogen-bond donors (Lipinski definition) is 1. The van der Waals surface area contributed by atoms with Gasteiger partial charge in [0, 0.05) is 36.6 Å². The largest absolute Gasteiger partial charge is 0.467 e. The Bertz CT molecular complexity index is 1260. The number of nitrogens with zero attached hydrogens (tertiary/aromatic N) is 3. The maximum absolute atomic E-state index is 13.3. The van der Waals surface area contributed by atoms with Crippen LogP contribution in [0.5, 0.6) is 0 Å². The molecule has 1 saturated heterocycles. The third-order valence-corrected chi connectivity index (χ3v) is 6.04. The first kappa shape index (κ1) is 21.4. The normalized spacial score (nSPS) is 16.0. The van der Waals surface area contributed by atoms with Gasteiger partial charge in [0.2, 0.25) is 0 Å². The van der Waals surface area contributed by atoms with Crippen LogP contribution in [0, 0.1) is 10.1 Å². The van der Waals surface area contributed by atoms with E-state index in [1.54, 1.807) is 12.1 Å². The lowest BCUT2D eigenvalue weighted by molar-refractivity contribution is -0.384. The lowest BCUT2D eigenvalue weighted by Crippen LogP contribution is -2.31. The van der Waals surface area contributed by atoms with Gasteiger partial charge in [-0.2, -0.15) is 0 Å². The number of nitrogens with one attached hydrogen (secondary N) is 1. The van der Waals surface area contributed by atoms with Crippen molar-refractivity contribution in [2.45, 2.75) is 19.4 Å². The topological polar surface area (TPSA) is 109 Å². The lowest BCUT2D eigenvalue weighted by atomic mass is 10.0. The average Bonchev–Trinajstić information content (AvgIpc) is 3.60. The standard InChI is InChI=1S/C25H22N4O5/c30-24-22(17-5-9-20(10-6-17)29(32)33)23(25(31)28(24)16-21-4-3-15-34-21)26-18-7-11-19(12-8-18)27-13-1-2-14-27/h3-12,15,26H,1-2,13-14,16H2. The van der Waals surface area contributed by atoms with Gasteiger partial charge in [-0.1, -0.05) is 0 Å². The molecule has 1 N–H and O–H groups in total. The van der Waals surface area contributed by atoms with Crippen molar-refractivity contribution in [3.05, 3.63) is 94.1 Å². The summed E-state index contributed by atoms with van der Waals surface area (Å²) in [6, 6.07) is 16.7. The van der Waals surface area contributed by atoms with E-state index in [4.69, 9.17) is 4.42 Å². The van der Waals surface area contributed by atoms with Crippen LogP contribution in [0.1, 0.15) is 24.2 Å². The SMILES string of the molecule is O=C1C(Nc2ccc(N3CCCC3)cc2)=C(c2ccc([N+](=O)[O-])cc2)C(=O)N1Cc1ccco1. The number of anilines is 2. The second-order valence-corrected chi connectivity index (χ2v) is 8.20. The van der Waals surface area contributed by atoms with Crippen molar-refractivity contribution < 1.29 is 18.9 Å². The van der Waals surface area contributed by atoms with E-state index in [0.29, 0.717) is 17.0 Å². The fourth-order valence-corrected chi connectivity index (χ4v) is 4.29. The van der Waals surface area contributed by atoms with Crippen LogP contribution in [-0.4, -0.2) is 34.7 Å². The van der Waals surface area contributed by atoms with E-state index in [1.807, 2.05) is 24.3 Å². The molecule has 172 valence electrons. The Labute approximate surface area is 195 Å². The van der Waals surface area contributed by atoms with Crippen molar-refractivity contribution in [3.8, 4) is 0 Å². The number of non-ortho nitro benzene ring substituents is 1. The van der Waals surface area contributed by atoms with Gasteiger partial charge >= 0.3 is 0 Å². The van der Waals surface area contributed by atoms with Crippen molar-refractivity contribution >= 4 is 34.4 Å². The van der Waals surface area contributed by atoms with Gasteiger partial charge in [0.25, 0.3) is 17.5 Å². The Hall–Kier alpha value is -4.40. The van der Waals surface area contributed by atoms with Crippen LogP contribution in [0.4, 0.5) is 17.1 Å². The monoisotopic (exact) mass is 458 g/mol. The van der Waals surface area contributed by atoms with Gasteiger partial charge in [-0.05, 0) is 66.9 Å². The van der Waals surface area contributed by atoms with Crippen LogP contribution < -0.4 is 10.2 Å². The molecule has 0 spiro atoms. The summed E-state index contributed by atoms with van der Waals surface area (Å²) in [4.78, 5) is 40.6. The van der Waals surface area contributed by atoms with Crippen molar-refractivity contribution in [2.24, 2.45) is 0 Å². The first-order chi connectivity index (χ1) is 16.5. The van der Waals surface area contributed by atoms with E-state index in [1.165, 1.54) is 43.4 Å². The van der Waals surface area contributed by atoms with Crippen LogP contribution >= 0.6 is 0 Å². The number of hydrogen-bond acceptors (Lipinski definition) is 7. The number of rotatable bonds is 7. The van der Waals surface area contributed by atoms with Gasteiger partial charge in [-0.3, -0.25) is 24.6 Å². The number of nitro benzene ring substituents is 1. The highest BCUT2D eigenvalue weighted by molar-refractivity contribution is 6.36. The fourth-order valence-electron chi connectivity index (χ4n) is 4.29. The Morgan fingerprint density at radius 1 is 0.941 bits per heavy atom. The minimum atomic E-state index is -0.510. The number of amides is 2. The Kier molecular flexibility index (Phi) is 5.59. The first-order valence-electron chi connectivity index (χ1n) is 11.0. The van der Waals surface area contributed by atoms with Crippen LogP contribution in [0.15, 0.2) is 77.0 Å². The molecule has 2 aliphatic heterocycles. The molecule has 0 atom stereocenters. The minimum Gasteiger partial charge on any atom is -0.467 e. The van der Waals surface area contributed by atoms with E-state index < -0.39 is 16.7 Å². The summed E-state index contributed by atoms with van der Waals surface area (Å²) in [5, 5.41) is 14.2. The number of nitro groups is 1. The van der Waals surface area contributed by atoms with Gasteiger partial charge in [-0.15, -0.1) is 0 Å². The van der Waals surface area contributed by atoms with E-state index in [2.05, 4.69) is 10.2 Å². The van der Waals surface area contributed by atoms with Gasteiger partial charge < -0.3 is 14.6 Å². The van der Waals surface area contributed by atoms with E-state index in [9.17, 15) is 19.7 Å². The van der Waals surface area contributed by atoms with Gasteiger partial charge in [0.15, 0.2) is 0 Å². The predicted octanol–water partition coefficient (Wildman–Crippen LogP) is 4.18. The van der Waals surface area contributed by atoms with Crippen LogP contribution in [0.25, 0.3) is 5.57 Å². The molecule has 1 aromatic heterocycles. The van der Waals surface area contributed by atoms with E-state index in [-0.39, 0.29) is 23.5 Å². The molecule has 3 heterocycles. The molecule has 9 nitrogen and oxygen atoms in total. The molecule has 0 radical (unpaired) electrons. The highest BCUT2D eigenvalue weighted by atomic mass is 16.6. The molecule has 0 unspecified atom stereocenters. The van der Waals surface area contributed by atoms with E-state index in [0.717, 1.165) is 23.7 Å². The van der Waals surface area contributed by atoms with Crippen LogP contribution in [-0.2, 0) is 16.1 Å². The third kappa shape index (κ3) is 4.03. The fraction of sp³-hybridized carbons (Fsp3) is 0.200. The molecular formula is C25H22N4O5. The number of carbonyl (C=O) groups is 2. The zero-order valence-corrected chi connectivity index (χ0v) is 18.3. The number of carbonyl (C=O) groups excluding carboxylic acids is 2. The summed E-state index contributed by atoms with van der Waals surface area (Å²) >= 11 is 0. The molecule has 3 aromatic rings. The number of benzene rings is 2. The summed E-state index contributed by atoms with van der Waals surface area (Å²) in [6.07, 6.45) is 3.83. The molecular weight excluding hydrogens is 436 g/mol. The van der Waals surface area contributed by atoms with Crippen molar-refractivity contribution in [1.29, 1.82) is 0 Å². The molecule has 1 fully saturated rings. The second-order valence-electron chi connectivity index (χ2n) is 8.20. The van der Waals surface area contributed by atoms with Crippen molar-refractivity contribution in [1.82, 2.24) is 4.90 Å². The average molecular weight is 458 g/mol. The molecule has 2 aromatic carbocycles. The molecule has 2 amide bonds. The van der Waals surface area contributed by atoms with Gasteiger partial charge in [0.1, 0.15) is 11.5 Å². The smallest absolute Gasteiger partial charge is 0.278 e. The summed E-state index contributed by atoms with van der Waals surface area (Å²) in [6.45, 7) is 2.04. The van der Waals surface area contributed by atoms with Crippen molar-refractivity contribution in [3.63, 3.8) is 0 Å². The summed E-state index contributed by atoms with van der Waals surface area (Å²) in [5.41, 5.74) is 2.39. The third-order valence-electron chi connectivity index (χ3n) is 6.04. The molecule has 34 heavy (non-hydrogen) atoms. The van der Waals surface area contributed by atoms with Crippen LogP contribution in [0.3, 0.4) is 0 Å². The van der Waals surface area contributed by atoms with E-state index >= 15 is 0 Å². The Balaban J connectivity index is 1.48. The maximum atomic E-state index is 13.3. The second kappa shape index (κ2) is 8.86. The zero-order chi connectivity index (χ0) is 23.7. The highest BCUT2D eigenvalue weighted by Crippen LogP contribution is 2.33. The van der Waals surface area contributed by atoms with Crippen molar-refractivity contribution in [2.75, 3.05) is 23.3 Å². The summed E-state index contributed by atoms with van der Waals surface area (Å²) in [5.74, 6) is -0.509. The molecule has 9 heteroatoms. The first-order valence-corrected chi connectivity index (χ1v) is 11.0. The molecule has 0 bridgehead atoms. The molecule has 0 saturated carbocycles. The van der Waals surface area contributed by atoms with Gasteiger partial charge in [-0.25, -0.2) is 0 Å². The Morgan fingerprint density at radius 2 is 1.65 bits per heavy atom. The molecule has 2 aliphatic rings. The summed E-state index contributed by atoms with van der Waals surface area (Å²) in [7, 11) is 0. The molecule has 5 rings (SSSR count).